The normalized spacial score (nSPS) is 25.7. The fourth-order valence-electron chi connectivity index (χ4n) is 8.32. The Morgan fingerprint density at radius 3 is 2.52 bits per heavy atom. The van der Waals surface area contributed by atoms with E-state index in [4.69, 9.17) is 20.2 Å². The molecule has 50 heavy (non-hydrogen) atoms. The van der Waals surface area contributed by atoms with E-state index in [1.807, 2.05) is 4.90 Å². The van der Waals surface area contributed by atoms with E-state index < -0.39 is 63.6 Å². The molecular weight excluding hydrogens is 671 g/mol. The summed E-state index contributed by atoms with van der Waals surface area (Å²) in [4.78, 5) is 17.5. The van der Waals surface area contributed by atoms with Crippen LogP contribution in [0, 0.1) is 24.0 Å². The first-order valence-electron chi connectivity index (χ1n) is 16.9. The molecule has 3 aromatic rings. The van der Waals surface area contributed by atoms with Crippen LogP contribution < -0.4 is 25.4 Å². The number of rotatable bonds is 6. The average molecular weight is 708 g/mol. The van der Waals surface area contributed by atoms with Crippen LogP contribution in [0.25, 0.3) is 22.2 Å². The highest BCUT2D eigenvalue weighted by Crippen LogP contribution is 2.49. The van der Waals surface area contributed by atoms with Gasteiger partial charge < -0.3 is 30.3 Å². The molecular formula is C34H36F7N7O2. The van der Waals surface area contributed by atoms with Gasteiger partial charge in [-0.05, 0) is 69.6 Å². The molecule has 16 heteroatoms. The number of nitrogens with zero attached hydrogens (tertiary/aromatic N) is 5. The average Bonchev–Trinajstić information content (AvgIpc) is 3.75. The van der Waals surface area contributed by atoms with E-state index in [0.717, 1.165) is 38.7 Å². The molecule has 5 aliphatic rings. The Hall–Kier alpha value is -3.92. The second-order valence-corrected chi connectivity index (χ2v) is 14.4. The van der Waals surface area contributed by atoms with Gasteiger partial charge in [0.05, 0.1) is 29.5 Å². The topological polar surface area (TPSA) is 102 Å². The Bertz CT molecular complexity index is 1900. The molecule has 4 atom stereocenters. The molecule has 1 aromatic carbocycles. The van der Waals surface area contributed by atoms with Gasteiger partial charge in [-0.25, -0.2) is 13.8 Å². The molecule has 4 aliphatic heterocycles. The molecule has 4 fully saturated rings. The Labute approximate surface area is 283 Å². The number of aromatic nitrogens is 3. The van der Waals surface area contributed by atoms with Gasteiger partial charge in [-0.2, -0.15) is 31.9 Å². The molecule has 0 spiro atoms. The van der Waals surface area contributed by atoms with Crippen LogP contribution in [0.5, 0.6) is 11.9 Å². The molecule has 268 valence electrons. The van der Waals surface area contributed by atoms with Gasteiger partial charge in [-0.1, -0.05) is 0 Å². The van der Waals surface area contributed by atoms with Crippen molar-refractivity contribution in [3.05, 3.63) is 40.5 Å². The van der Waals surface area contributed by atoms with E-state index in [1.165, 1.54) is 0 Å². The third kappa shape index (κ3) is 5.58. The summed E-state index contributed by atoms with van der Waals surface area (Å²) in [5.41, 5.74) is 0.803. The fraction of sp³-hybridized carbons (Fsp3) is 0.559. The van der Waals surface area contributed by atoms with Gasteiger partial charge in [-0.15, -0.1) is 0 Å². The number of nitrogen functional groups attached to an aromatic ring is 1. The van der Waals surface area contributed by atoms with Crippen molar-refractivity contribution in [1.82, 2.24) is 25.2 Å². The second-order valence-electron chi connectivity index (χ2n) is 14.4. The summed E-state index contributed by atoms with van der Waals surface area (Å²) >= 11 is 0. The van der Waals surface area contributed by atoms with Gasteiger partial charge in [0.25, 0.3) is 6.08 Å². The number of likely N-dealkylation sites (tertiary alicyclic amines) is 1. The SMILES string of the molecule is Cc1cc(N)c(F)c(-c2nc3c4c(nc(OCC5(CN6CCC(=C(F)F)CC6)CC5)nc4c2F)N2C[C@H]4CC[C@H](N4)[C@H]2[C@H](C)O3)c1C(F)(F)F. The standard InChI is InChI=1S/C34H36F7N7O2/c1-15-11-19(42)24(35)21(23(15)34(39,40)41)26-25(36)27-22-30(48-12-18-3-4-20(43-18)28(48)16(2)50-31(22)44-26)46-32(45-27)49-14-33(7-8-33)13-47-9-5-17(6-10-47)29(37)38/h11,16,18,20,28,43H,3-10,12-14,42H2,1-2H3/t16-,18+,20-,28+/m0/s1. The number of alkyl halides is 3. The number of fused-ring (bicyclic) bond motifs is 5. The van der Waals surface area contributed by atoms with Crippen LogP contribution in [0.2, 0.25) is 0 Å². The number of nitrogens with one attached hydrogen (secondary N) is 1. The molecule has 0 unspecified atom stereocenters. The molecule has 1 aliphatic carbocycles. The number of ether oxygens (including phenoxy) is 2. The second kappa shape index (κ2) is 11.8. The number of piperidine rings is 1. The molecule has 3 saturated heterocycles. The molecule has 1 saturated carbocycles. The Morgan fingerprint density at radius 1 is 1.10 bits per heavy atom. The predicted octanol–water partition coefficient (Wildman–Crippen LogP) is 6.37. The van der Waals surface area contributed by atoms with Gasteiger partial charge in [0.2, 0.25) is 5.88 Å². The maximum absolute atomic E-state index is 16.8. The summed E-state index contributed by atoms with van der Waals surface area (Å²) in [7, 11) is 0. The van der Waals surface area contributed by atoms with Crippen LogP contribution in [0.1, 0.15) is 56.6 Å². The maximum Gasteiger partial charge on any atom is 0.417 e. The van der Waals surface area contributed by atoms with Crippen molar-refractivity contribution >= 4 is 22.4 Å². The van der Waals surface area contributed by atoms with Crippen molar-refractivity contribution < 1.29 is 40.2 Å². The van der Waals surface area contributed by atoms with Gasteiger partial charge in [-0.3, -0.25) is 0 Å². The fourth-order valence-corrected chi connectivity index (χ4v) is 8.32. The monoisotopic (exact) mass is 707 g/mol. The largest absolute Gasteiger partial charge is 0.472 e. The Balaban J connectivity index is 1.23. The number of aryl methyl sites for hydroxylation is 1. The number of pyridine rings is 1. The molecule has 2 aromatic heterocycles. The van der Waals surface area contributed by atoms with Crippen molar-refractivity contribution in [2.24, 2.45) is 5.41 Å². The molecule has 0 amide bonds. The van der Waals surface area contributed by atoms with Crippen LogP contribution >= 0.6 is 0 Å². The van der Waals surface area contributed by atoms with Crippen LogP contribution in [0.3, 0.4) is 0 Å². The molecule has 3 N–H and O–H groups in total. The zero-order valence-corrected chi connectivity index (χ0v) is 27.4. The van der Waals surface area contributed by atoms with Crippen molar-refractivity contribution in [3.63, 3.8) is 0 Å². The maximum atomic E-state index is 16.8. The summed E-state index contributed by atoms with van der Waals surface area (Å²) in [6.45, 7) is 5.19. The van der Waals surface area contributed by atoms with Crippen molar-refractivity contribution in [3.8, 4) is 23.1 Å². The van der Waals surface area contributed by atoms with E-state index in [-0.39, 0.29) is 58.8 Å². The van der Waals surface area contributed by atoms with Crippen molar-refractivity contribution in [1.29, 1.82) is 0 Å². The third-order valence-corrected chi connectivity index (χ3v) is 11.0. The molecule has 9 nitrogen and oxygen atoms in total. The van der Waals surface area contributed by atoms with Crippen molar-refractivity contribution in [2.75, 3.05) is 43.4 Å². The Kier molecular flexibility index (Phi) is 7.86. The number of piperazine rings is 1. The minimum atomic E-state index is -5.07. The summed E-state index contributed by atoms with van der Waals surface area (Å²) < 4.78 is 114. The Morgan fingerprint density at radius 2 is 1.84 bits per heavy atom. The van der Waals surface area contributed by atoms with Gasteiger partial charge in [0, 0.05) is 43.7 Å². The summed E-state index contributed by atoms with van der Waals surface area (Å²) in [6.07, 6.45) is -3.27. The first kappa shape index (κ1) is 33.2. The smallest absolute Gasteiger partial charge is 0.417 e. The number of halogens is 7. The zero-order chi connectivity index (χ0) is 35.3. The third-order valence-electron chi connectivity index (χ3n) is 11.0. The minimum Gasteiger partial charge on any atom is -0.472 e. The first-order chi connectivity index (χ1) is 23.7. The predicted molar refractivity (Wildman–Crippen MR) is 170 cm³/mol. The number of benzene rings is 1. The summed E-state index contributed by atoms with van der Waals surface area (Å²) in [5.74, 6) is -2.69. The lowest BCUT2D eigenvalue weighted by Crippen LogP contribution is -2.62. The number of hydrogen-bond acceptors (Lipinski definition) is 9. The number of hydrogen-bond donors (Lipinski definition) is 2. The van der Waals surface area contributed by atoms with E-state index in [1.54, 1.807) is 6.92 Å². The highest BCUT2D eigenvalue weighted by Gasteiger charge is 2.49. The van der Waals surface area contributed by atoms with E-state index >= 15 is 8.78 Å². The van der Waals surface area contributed by atoms with Crippen LogP contribution in [-0.2, 0) is 6.18 Å². The summed E-state index contributed by atoms with van der Waals surface area (Å²) in [5, 5.41) is 3.64. The number of nitrogens with two attached hydrogens (primary N) is 1. The minimum absolute atomic E-state index is 0.0110. The first-order valence-corrected chi connectivity index (χ1v) is 16.9. The lowest BCUT2D eigenvalue weighted by atomic mass is 9.96. The van der Waals surface area contributed by atoms with Crippen molar-refractivity contribution in [2.45, 2.75) is 82.8 Å². The quantitative estimate of drug-likeness (QED) is 0.224. The zero-order valence-electron chi connectivity index (χ0n) is 27.4. The number of anilines is 2. The highest BCUT2D eigenvalue weighted by atomic mass is 19.4. The molecule has 2 bridgehead atoms. The van der Waals surface area contributed by atoms with Gasteiger partial charge >= 0.3 is 12.2 Å². The van der Waals surface area contributed by atoms with Gasteiger partial charge in [0.15, 0.2) is 11.6 Å². The van der Waals surface area contributed by atoms with E-state index in [2.05, 4.69) is 20.2 Å². The van der Waals surface area contributed by atoms with Crippen LogP contribution in [-0.4, -0.2) is 76.9 Å². The molecule has 6 heterocycles. The van der Waals surface area contributed by atoms with E-state index in [9.17, 15) is 22.0 Å². The highest BCUT2D eigenvalue weighted by molar-refractivity contribution is 5.97. The van der Waals surface area contributed by atoms with Crippen LogP contribution in [0.4, 0.5) is 42.2 Å². The lowest BCUT2D eigenvalue weighted by Gasteiger charge is -2.42. The molecule has 0 radical (unpaired) electrons. The van der Waals surface area contributed by atoms with Crippen LogP contribution in [0.15, 0.2) is 17.7 Å². The molecule has 8 rings (SSSR count). The van der Waals surface area contributed by atoms with Gasteiger partial charge in [0.1, 0.15) is 28.5 Å². The summed E-state index contributed by atoms with van der Waals surface area (Å²) in [6, 6.07) is 0.481. The van der Waals surface area contributed by atoms with E-state index in [0.29, 0.717) is 39.0 Å². The lowest BCUT2D eigenvalue weighted by molar-refractivity contribution is -0.137.